The van der Waals surface area contributed by atoms with Crippen LogP contribution in [0.3, 0.4) is 0 Å². The minimum atomic E-state index is -0.172. The van der Waals surface area contributed by atoms with Crippen molar-refractivity contribution in [2.24, 2.45) is 5.92 Å². The van der Waals surface area contributed by atoms with Gasteiger partial charge in [0.05, 0.1) is 19.3 Å². The first-order valence-electron chi connectivity index (χ1n) is 9.69. The predicted octanol–water partition coefficient (Wildman–Crippen LogP) is 4.09. The summed E-state index contributed by atoms with van der Waals surface area (Å²) in [6.45, 7) is 5.77. The highest BCUT2D eigenvalue weighted by Crippen LogP contribution is 2.30. The number of ether oxygens (including phenoxy) is 1. The molecule has 0 saturated heterocycles. The number of urea groups is 1. The molecule has 7 heteroatoms. The number of nitrogens with zero attached hydrogens (tertiary/aromatic N) is 2. The monoisotopic (exact) mass is 402 g/mol. The molecule has 2 amide bonds. The third-order valence-electron chi connectivity index (χ3n) is 4.47. The van der Waals surface area contributed by atoms with Crippen LogP contribution in [0.15, 0.2) is 36.7 Å². The smallest absolute Gasteiger partial charge is 0.315 e. The van der Waals surface area contributed by atoms with Crippen molar-refractivity contribution >= 4 is 23.7 Å². The molecule has 1 saturated carbocycles. The van der Waals surface area contributed by atoms with Gasteiger partial charge in [-0.25, -0.2) is 4.79 Å². The van der Waals surface area contributed by atoms with Crippen molar-refractivity contribution < 1.29 is 9.53 Å². The van der Waals surface area contributed by atoms with Crippen molar-refractivity contribution in [3.63, 3.8) is 0 Å². The van der Waals surface area contributed by atoms with Gasteiger partial charge in [-0.3, -0.25) is 4.68 Å². The zero-order chi connectivity index (χ0) is 19.9. The van der Waals surface area contributed by atoms with Gasteiger partial charge >= 0.3 is 6.03 Å². The molecular formula is C21H27ClN4O2. The van der Waals surface area contributed by atoms with Gasteiger partial charge in [-0.15, -0.1) is 0 Å². The first kappa shape index (κ1) is 20.3. The molecule has 3 rings (SSSR count). The quantitative estimate of drug-likeness (QED) is 0.663. The lowest BCUT2D eigenvalue weighted by atomic mass is 10.2. The van der Waals surface area contributed by atoms with E-state index in [1.165, 1.54) is 12.8 Å². The summed E-state index contributed by atoms with van der Waals surface area (Å²) in [5.41, 5.74) is 1.95. The molecule has 1 heterocycles. The lowest BCUT2D eigenvalue weighted by molar-refractivity contribution is 0.240. The summed E-state index contributed by atoms with van der Waals surface area (Å²) in [6, 6.07) is 5.57. The second kappa shape index (κ2) is 9.64. The van der Waals surface area contributed by atoms with E-state index in [0.29, 0.717) is 24.0 Å². The molecule has 0 unspecified atom stereocenters. The van der Waals surface area contributed by atoms with Crippen molar-refractivity contribution in [3.05, 3.63) is 52.8 Å². The van der Waals surface area contributed by atoms with Crippen LogP contribution in [-0.2, 0) is 6.54 Å². The molecule has 6 nitrogen and oxygen atoms in total. The van der Waals surface area contributed by atoms with Crippen LogP contribution in [0.5, 0.6) is 5.75 Å². The van der Waals surface area contributed by atoms with E-state index in [0.717, 1.165) is 23.5 Å². The third kappa shape index (κ3) is 6.30. The number of halogens is 1. The fraction of sp³-hybridized carbons (Fsp3) is 0.429. The highest BCUT2D eigenvalue weighted by atomic mass is 35.5. The van der Waals surface area contributed by atoms with Crippen molar-refractivity contribution in [3.8, 4) is 5.75 Å². The number of hydrogen-bond donors (Lipinski definition) is 2. The highest BCUT2D eigenvalue weighted by molar-refractivity contribution is 6.31. The van der Waals surface area contributed by atoms with Gasteiger partial charge in [0.25, 0.3) is 0 Å². The second-order valence-corrected chi connectivity index (χ2v) is 7.54. The standard InChI is InChI=1S/C21H27ClN4O2/c1-3-23-21(27)25-15(2)4-5-17-11-24-26(12-17)13-18-8-9-19(10-20(18)22)28-14-16-6-7-16/h4-5,8-12,15-16H,3,6-7,13-14H2,1-2H3,(H2,23,25,27)/b5-4+/t15-/m0/s1. The van der Waals surface area contributed by atoms with Crippen LogP contribution < -0.4 is 15.4 Å². The largest absolute Gasteiger partial charge is 0.493 e. The zero-order valence-corrected chi connectivity index (χ0v) is 17.1. The Balaban J connectivity index is 1.53. The van der Waals surface area contributed by atoms with Crippen LogP contribution >= 0.6 is 11.6 Å². The Morgan fingerprint density at radius 1 is 1.46 bits per heavy atom. The summed E-state index contributed by atoms with van der Waals surface area (Å²) in [7, 11) is 0. The van der Waals surface area contributed by atoms with Crippen LogP contribution in [0.2, 0.25) is 5.02 Å². The summed E-state index contributed by atoms with van der Waals surface area (Å²) in [4.78, 5) is 11.5. The summed E-state index contributed by atoms with van der Waals surface area (Å²) >= 11 is 6.41. The van der Waals surface area contributed by atoms with Gasteiger partial charge in [-0.2, -0.15) is 5.10 Å². The molecule has 1 aromatic heterocycles. The Morgan fingerprint density at radius 3 is 3.00 bits per heavy atom. The third-order valence-corrected chi connectivity index (χ3v) is 4.82. The number of hydrogen-bond acceptors (Lipinski definition) is 3. The van der Waals surface area contributed by atoms with E-state index in [2.05, 4.69) is 15.7 Å². The molecule has 0 radical (unpaired) electrons. The average molecular weight is 403 g/mol. The Hall–Kier alpha value is -2.47. The Morgan fingerprint density at radius 2 is 2.29 bits per heavy atom. The van der Waals surface area contributed by atoms with Gasteiger partial charge in [0.15, 0.2) is 0 Å². The van der Waals surface area contributed by atoms with E-state index in [1.807, 2.05) is 55.1 Å². The van der Waals surface area contributed by atoms with Crippen LogP contribution in [0, 0.1) is 5.92 Å². The van der Waals surface area contributed by atoms with Crippen LogP contribution in [0.1, 0.15) is 37.8 Å². The molecule has 2 aromatic rings. The van der Waals surface area contributed by atoms with Crippen LogP contribution in [0.4, 0.5) is 4.79 Å². The lowest BCUT2D eigenvalue weighted by Crippen LogP contribution is -2.39. The average Bonchev–Trinajstić information content (AvgIpc) is 3.38. The van der Waals surface area contributed by atoms with Gasteiger partial charge in [0, 0.05) is 29.4 Å². The maximum absolute atomic E-state index is 11.5. The number of carbonyl (C=O) groups is 1. The minimum Gasteiger partial charge on any atom is -0.493 e. The van der Waals surface area contributed by atoms with Gasteiger partial charge in [-0.1, -0.05) is 29.8 Å². The molecule has 0 spiro atoms. The molecule has 1 aromatic carbocycles. The first-order chi connectivity index (χ1) is 13.5. The first-order valence-corrected chi connectivity index (χ1v) is 10.1. The molecule has 1 fully saturated rings. The summed E-state index contributed by atoms with van der Waals surface area (Å²) in [6.07, 6.45) is 10.1. The molecule has 1 aliphatic carbocycles. The van der Waals surface area contributed by atoms with Crippen LogP contribution in [0.25, 0.3) is 6.08 Å². The number of nitrogens with one attached hydrogen (secondary N) is 2. The Labute approximate surface area is 170 Å². The molecule has 0 aliphatic heterocycles. The van der Waals surface area contributed by atoms with E-state index in [9.17, 15) is 4.79 Å². The second-order valence-electron chi connectivity index (χ2n) is 7.13. The van der Waals surface area contributed by atoms with E-state index in [4.69, 9.17) is 16.3 Å². The number of carbonyl (C=O) groups excluding carboxylic acids is 1. The van der Waals surface area contributed by atoms with Crippen LogP contribution in [-0.4, -0.2) is 35.0 Å². The molecular weight excluding hydrogens is 376 g/mol. The Bertz CT molecular complexity index is 830. The van der Waals surface area contributed by atoms with E-state index >= 15 is 0 Å². The van der Waals surface area contributed by atoms with Gasteiger partial charge in [0.1, 0.15) is 5.75 Å². The number of aromatic nitrogens is 2. The summed E-state index contributed by atoms with van der Waals surface area (Å²) < 4.78 is 7.61. The Kier molecular flexibility index (Phi) is 6.98. The van der Waals surface area contributed by atoms with E-state index < -0.39 is 0 Å². The van der Waals surface area contributed by atoms with E-state index in [-0.39, 0.29) is 12.1 Å². The van der Waals surface area contributed by atoms with Crippen molar-refractivity contribution in [2.75, 3.05) is 13.2 Å². The maximum atomic E-state index is 11.5. The summed E-state index contributed by atoms with van der Waals surface area (Å²) in [5.74, 6) is 1.53. The molecule has 0 bridgehead atoms. The fourth-order valence-electron chi connectivity index (χ4n) is 2.69. The van der Waals surface area contributed by atoms with Gasteiger partial charge in [-0.05, 0) is 50.3 Å². The van der Waals surface area contributed by atoms with Crippen molar-refractivity contribution in [1.82, 2.24) is 20.4 Å². The molecule has 1 atom stereocenters. The van der Waals surface area contributed by atoms with Gasteiger partial charge < -0.3 is 15.4 Å². The molecule has 28 heavy (non-hydrogen) atoms. The zero-order valence-electron chi connectivity index (χ0n) is 16.3. The van der Waals surface area contributed by atoms with Gasteiger partial charge in [0.2, 0.25) is 0 Å². The molecule has 1 aliphatic rings. The molecule has 150 valence electrons. The maximum Gasteiger partial charge on any atom is 0.315 e. The molecule has 2 N–H and O–H groups in total. The topological polar surface area (TPSA) is 68.2 Å². The predicted molar refractivity (Wildman–Crippen MR) is 112 cm³/mol. The van der Waals surface area contributed by atoms with E-state index in [1.54, 1.807) is 6.20 Å². The SMILES string of the molecule is CCNC(=O)N[C@@H](C)/C=C/c1cnn(Cc2ccc(OCC3CC3)cc2Cl)c1. The normalized spacial score (nSPS) is 14.8. The van der Waals surface area contributed by atoms with Crippen molar-refractivity contribution in [2.45, 2.75) is 39.3 Å². The number of benzene rings is 1. The van der Waals surface area contributed by atoms with Crippen molar-refractivity contribution in [1.29, 1.82) is 0 Å². The number of rotatable bonds is 9. The summed E-state index contributed by atoms with van der Waals surface area (Å²) in [5, 5.41) is 10.6. The lowest BCUT2D eigenvalue weighted by Gasteiger charge is -2.09. The highest BCUT2D eigenvalue weighted by Gasteiger charge is 2.22. The number of amides is 2. The minimum absolute atomic E-state index is 0.0764. The fourth-order valence-corrected chi connectivity index (χ4v) is 2.92.